The van der Waals surface area contributed by atoms with E-state index in [1.165, 1.54) is 17.6 Å². The highest BCUT2D eigenvalue weighted by Gasteiger charge is 2.13. The van der Waals surface area contributed by atoms with Crippen molar-refractivity contribution in [3.63, 3.8) is 0 Å². The molecule has 20 heavy (non-hydrogen) atoms. The highest BCUT2D eigenvalue weighted by atomic mass is 32.2. The molecule has 0 fully saturated rings. The zero-order chi connectivity index (χ0) is 14.8. The molecule has 0 bridgehead atoms. The number of carbonyl (C=O) groups excluding carboxylic acids is 1. The summed E-state index contributed by atoms with van der Waals surface area (Å²) in [6.07, 6.45) is 1.17. The second-order valence-corrected chi connectivity index (χ2v) is 7.48. The molecule has 1 amide bonds. The molecular formula is C14H15NO3S2. The fourth-order valence-corrected chi connectivity index (χ4v) is 3.02. The number of hydrogen-bond donors (Lipinski definition) is 1. The van der Waals surface area contributed by atoms with Crippen molar-refractivity contribution in [1.82, 2.24) is 5.32 Å². The van der Waals surface area contributed by atoms with E-state index in [4.69, 9.17) is 0 Å². The predicted octanol–water partition coefficient (Wildman–Crippen LogP) is 2.64. The lowest BCUT2D eigenvalue weighted by Crippen LogP contribution is -2.25. The van der Waals surface area contributed by atoms with Crippen LogP contribution in [0.15, 0.2) is 46.7 Å². The average Bonchev–Trinajstić information content (AvgIpc) is 2.91. The van der Waals surface area contributed by atoms with Gasteiger partial charge in [-0.15, -0.1) is 11.3 Å². The summed E-state index contributed by atoms with van der Waals surface area (Å²) in [7, 11) is -3.19. The molecule has 0 aliphatic heterocycles. The molecule has 1 aromatic heterocycles. The second-order valence-electron chi connectivity index (χ2n) is 4.51. The standard InChI is InChI=1S/C14H15NO3S2/c1-10(15-14(16)13-4-3-9-19-13)11-5-7-12(8-6-11)20(2,17)18/h3-10H,1-2H3,(H,15,16). The van der Waals surface area contributed by atoms with Gasteiger partial charge in [-0.2, -0.15) is 0 Å². The summed E-state index contributed by atoms with van der Waals surface area (Å²) in [4.78, 5) is 12.9. The van der Waals surface area contributed by atoms with Gasteiger partial charge in [0.05, 0.1) is 15.8 Å². The van der Waals surface area contributed by atoms with Gasteiger partial charge in [0.2, 0.25) is 0 Å². The molecule has 4 nitrogen and oxygen atoms in total. The van der Waals surface area contributed by atoms with E-state index in [0.29, 0.717) is 4.88 Å². The maximum Gasteiger partial charge on any atom is 0.261 e. The number of amides is 1. The van der Waals surface area contributed by atoms with E-state index in [-0.39, 0.29) is 16.8 Å². The fourth-order valence-electron chi connectivity index (χ4n) is 1.76. The van der Waals surface area contributed by atoms with Gasteiger partial charge in [0.1, 0.15) is 0 Å². The minimum atomic E-state index is -3.19. The van der Waals surface area contributed by atoms with Crippen LogP contribution in [0.4, 0.5) is 0 Å². The second kappa shape index (κ2) is 5.76. The van der Waals surface area contributed by atoms with Crippen LogP contribution in [0.25, 0.3) is 0 Å². The lowest BCUT2D eigenvalue weighted by molar-refractivity contribution is 0.0944. The molecule has 0 radical (unpaired) electrons. The van der Waals surface area contributed by atoms with E-state index >= 15 is 0 Å². The molecule has 6 heteroatoms. The summed E-state index contributed by atoms with van der Waals surface area (Å²) in [6, 6.07) is 9.95. The third-order valence-electron chi connectivity index (χ3n) is 2.90. The van der Waals surface area contributed by atoms with Crippen LogP contribution in [-0.2, 0) is 9.84 Å². The highest BCUT2D eigenvalue weighted by Crippen LogP contribution is 2.17. The molecule has 0 aliphatic carbocycles. The Bertz CT molecular complexity index is 689. The molecule has 1 unspecified atom stereocenters. The summed E-state index contributed by atoms with van der Waals surface area (Å²) in [5, 5.41) is 4.73. The van der Waals surface area contributed by atoms with Crippen LogP contribution in [-0.4, -0.2) is 20.6 Å². The molecule has 1 aromatic carbocycles. The van der Waals surface area contributed by atoms with Gasteiger partial charge in [-0.1, -0.05) is 18.2 Å². The van der Waals surface area contributed by atoms with Crippen molar-refractivity contribution >= 4 is 27.1 Å². The number of nitrogens with one attached hydrogen (secondary N) is 1. The van der Waals surface area contributed by atoms with E-state index in [1.807, 2.05) is 18.4 Å². The van der Waals surface area contributed by atoms with Gasteiger partial charge >= 0.3 is 0 Å². The van der Waals surface area contributed by atoms with Crippen LogP contribution in [0.1, 0.15) is 28.2 Å². The molecular weight excluding hydrogens is 294 g/mol. The third-order valence-corrected chi connectivity index (χ3v) is 4.90. The van der Waals surface area contributed by atoms with Gasteiger partial charge in [0.15, 0.2) is 9.84 Å². The Morgan fingerprint density at radius 1 is 1.20 bits per heavy atom. The van der Waals surface area contributed by atoms with Crippen LogP contribution in [0.2, 0.25) is 0 Å². The molecule has 0 aliphatic rings. The number of benzene rings is 1. The zero-order valence-electron chi connectivity index (χ0n) is 11.2. The van der Waals surface area contributed by atoms with Gasteiger partial charge in [-0.25, -0.2) is 8.42 Å². The Morgan fingerprint density at radius 3 is 2.35 bits per heavy atom. The van der Waals surface area contributed by atoms with Crippen LogP contribution in [0.3, 0.4) is 0 Å². The van der Waals surface area contributed by atoms with Crippen molar-refractivity contribution in [2.24, 2.45) is 0 Å². The number of thiophene rings is 1. The van der Waals surface area contributed by atoms with E-state index in [1.54, 1.807) is 30.3 Å². The number of rotatable bonds is 4. The molecule has 2 rings (SSSR count). The Kier molecular flexibility index (Phi) is 4.25. The van der Waals surface area contributed by atoms with Crippen molar-refractivity contribution in [3.05, 3.63) is 52.2 Å². The molecule has 1 atom stereocenters. The highest BCUT2D eigenvalue weighted by molar-refractivity contribution is 7.90. The maximum absolute atomic E-state index is 11.9. The predicted molar refractivity (Wildman–Crippen MR) is 79.8 cm³/mol. The number of carbonyl (C=O) groups is 1. The minimum absolute atomic E-state index is 0.125. The first-order valence-corrected chi connectivity index (χ1v) is 8.79. The van der Waals surface area contributed by atoms with Crippen LogP contribution in [0.5, 0.6) is 0 Å². The molecule has 2 aromatic rings. The normalized spacial score (nSPS) is 12.9. The molecule has 0 saturated heterocycles. The molecule has 0 saturated carbocycles. The SMILES string of the molecule is CC(NC(=O)c1cccs1)c1ccc(S(C)(=O)=O)cc1. The number of sulfone groups is 1. The Morgan fingerprint density at radius 2 is 1.85 bits per heavy atom. The summed E-state index contributed by atoms with van der Waals surface area (Å²) in [5.74, 6) is -0.125. The Hall–Kier alpha value is -1.66. The number of hydrogen-bond acceptors (Lipinski definition) is 4. The quantitative estimate of drug-likeness (QED) is 0.944. The summed E-state index contributed by atoms with van der Waals surface area (Å²) < 4.78 is 22.8. The lowest BCUT2D eigenvalue weighted by Gasteiger charge is -2.14. The first-order chi connectivity index (χ1) is 9.38. The van der Waals surface area contributed by atoms with Crippen molar-refractivity contribution in [3.8, 4) is 0 Å². The molecule has 106 valence electrons. The molecule has 1 N–H and O–H groups in total. The van der Waals surface area contributed by atoms with Gasteiger partial charge in [0.25, 0.3) is 5.91 Å². The van der Waals surface area contributed by atoms with Gasteiger partial charge in [0, 0.05) is 6.26 Å². The summed E-state index contributed by atoms with van der Waals surface area (Å²) in [5.41, 5.74) is 0.863. The third kappa shape index (κ3) is 3.46. The van der Waals surface area contributed by atoms with E-state index in [9.17, 15) is 13.2 Å². The van der Waals surface area contributed by atoms with Crippen molar-refractivity contribution in [2.75, 3.05) is 6.26 Å². The van der Waals surface area contributed by atoms with E-state index in [2.05, 4.69) is 5.32 Å². The largest absolute Gasteiger partial charge is 0.345 e. The lowest BCUT2D eigenvalue weighted by atomic mass is 10.1. The maximum atomic E-state index is 11.9. The monoisotopic (exact) mass is 309 g/mol. The van der Waals surface area contributed by atoms with Crippen molar-refractivity contribution in [2.45, 2.75) is 17.9 Å². The molecule has 1 heterocycles. The van der Waals surface area contributed by atoms with Gasteiger partial charge < -0.3 is 5.32 Å². The van der Waals surface area contributed by atoms with Gasteiger partial charge in [-0.05, 0) is 36.1 Å². The summed E-state index contributed by atoms with van der Waals surface area (Å²) in [6.45, 7) is 1.86. The molecule has 0 spiro atoms. The van der Waals surface area contributed by atoms with Crippen LogP contribution < -0.4 is 5.32 Å². The van der Waals surface area contributed by atoms with E-state index in [0.717, 1.165) is 5.56 Å². The zero-order valence-corrected chi connectivity index (χ0v) is 12.8. The van der Waals surface area contributed by atoms with Crippen molar-refractivity contribution in [1.29, 1.82) is 0 Å². The first kappa shape index (κ1) is 14.7. The first-order valence-electron chi connectivity index (χ1n) is 6.02. The van der Waals surface area contributed by atoms with E-state index < -0.39 is 9.84 Å². The van der Waals surface area contributed by atoms with Crippen molar-refractivity contribution < 1.29 is 13.2 Å². The summed E-state index contributed by atoms with van der Waals surface area (Å²) >= 11 is 1.38. The topological polar surface area (TPSA) is 63.2 Å². The average molecular weight is 309 g/mol. The van der Waals surface area contributed by atoms with Gasteiger partial charge in [-0.3, -0.25) is 4.79 Å². The Labute approximate surface area is 122 Å². The van der Waals surface area contributed by atoms with Crippen LogP contribution in [0, 0.1) is 0 Å². The van der Waals surface area contributed by atoms with Crippen LogP contribution >= 0.6 is 11.3 Å². The smallest absolute Gasteiger partial charge is 0.261 e. The minimum Gasteiger partial charge on any atom is -0.345 e. The Balaban J connectivity index is 2.10. The fraction of sp³-hybridized carbons (Fsp3) is 0.214.